The number of halogens is 1. The van der Waals surface area contributed by atoms with E-state index in [0.29, 0.717) is 22.1 Å². The molecular formula is C15H15ClN2O3. The van der Waals surface area contributed by atoms with Crippen molar-refractivity contribution in [2.24, 2.45) is 0 Å². The van der Waals surface area contributed by atoms with Gasteiger partial charge in [-0.3, -0.25) is 0 Å². The average Bonchev–Trinajstić information content (AvgIpc) is 2.48. The Hall–Kier alpha value is -2.40. The number of anilines is 2. The molecule has 110 valence electrons. The number of rotatable bonds is 4. The first-order valence-electron chi connectivity index (χ1n) is 6.18. The predicted molar refractivity (Wildman–Crippen MR) is 83.6 cm³/mol. The lowest BCUT2D eigenvalue weighted by atomic mass is 10.3. The van der Waals surface area contributed by atoms with Crippen LogP contribution in [0.3, 0.4) is 0 Å². The van der Waals surface area contributed by atoms with E-state index in [1.54, 1.807) is 49.6 Å². The normalized spacial score (nSPS) is 9.86. The number of benzene rings is 2. The summed E-state index contributed by atoms with van der Waals surface area (Å²) in [6.07, 6.45) is 0. The minimum atomic E-state index is -0.388. The van der Waals surface area contributed by atoms with Crippen LogP contribution in [0.4, 0.5) is 16.2 Å². The van der Waals surface area contributed by atoms with Gasteiger partial charge in [0, 0.05) is 10.7 Å². The molecule has 2 N–H and O–H groups in total. The third kappa shape index (κ3) is 4.03. The Kier molecular flexibility index (Phi) is 4.90. The van der Waals surface area contributed by atoms with Gasteiger partial charge >= 0.3 is 6.03 Å². The van der Waals surface area contributed by atoms with E-state index in [1.807, 2.05) is 0 Å². The van der Waals surface area contributed by atoms with Crippen LogP contribution in [0.25, 0.3) is 0 Å². The van der Waals surface area contributed by atoms with Gasteiger partial charge in [-0.15, -0.1) is 0 Å². The van der Waals surface area contributed by atoms with Gasteiger partial charge in [0.2, 0.25) is 0 Å². The first-order valence-corrected chi connectivity index (χ1v) is 6.56. The Morgan fingerprint density at radius 1 is 1.00 bits per heavy atom. The average molecular weight is 307 g/mol. The molecule has 0 aliphatic carbocycles. The van der Waals surface area contributed by atoms with E-state index in [0.717, 1.165) is 5.75 Å². The van der Waals surface area contributed by atoms with Gasteiger partial charge in [-0.25, -0.2) is 4.79 Å². The highest BCUT2D eigenvalue weighted by Crippen LogP contribution is 2.27. The Morgan fingerprint density at radius 3 is 2.33 bits per heavy atom. The summed E-state index contributed by atoms with van der Waals surface area (Å²) in [6.45, 7) is 0. The molecule has 2 amide bonds. The first-order chi connectivity index (χ1) is 10.1. The van der Waals surface area contributed by atoms with E-state index >= 15 is 0 Å². The molecular weight excluding hydrogens is 292 g/mol. The highest BCUT2D eigenvalue weighted by atomic mass is 35.5. The molecule has 2 aromatic carbocycles. The predicted octanol–water partition coefficient (Wildman–Crippen LogP) is 4.00. The highest BCUT2D eigenvalue weighted by Gasteiger charge is 2.08. The Balaban J connectivity index is 2.05. The second kappa shape index (κ2) is 6.85. The van der Waals surface area contributed by atoms with Crippen molar-refractivity contribution in [3.8, 4) is 11.5 Å². The van der Waals surface area contributed by atoms with Crippen LogP contribution in [0.1, 0.15) is 0 Å². The molecule has 0 aliphatic rings. The van der Waals surface area contributed by atoms with Crippen molar-refractivity contribution in [3.63, 3.8) is 0 Å². The van der Waals surface area contributed by atoms with Gasteiger partial charge < -0.3 is 20.1 Å². The van der Waals surface area contributed by atoms with E-state index in [9.17, 15) is 4.79 Å². The summed E-state index contributed by atoms with van der Waals surface area (Å²) in [5.74, 6) is 1.25. The van der Waals surface area contributed by atoms with Crippen LogP contribution in [0.2, 0.25) is 5.02 Å². The summed E-state index contributed by atoms with van der Waals surface area (Å²) >= 11 is 5.91. The third-order valence-electron chi connectivity index (χ3n) is 2.76. The molecule has 0 saturated heterocycles. The third-order valence-corrected chi connectivity index (χ3v) is 2.99. The van der Waals surface area contributed by atoms with Crippen LogP contribution in [-0.2, 0) is 0 Å². The fourth-order valence-corrected chi connectivity index (χ4v) is 1.91. The maximum Gasteiger partial charge on any atom is 0.323 e. The van der Waals surface area contributed by atoms with Crippen LogP contribution in [0.5, 0.6) is 11.5 Å². The molecule has 0 fully saturated rings. The molecule has 0 unspecified atom stereocenters. The molecule has 0 aromatic heterocycles. The van der Waals surface area contributed by atoms with Crippen molar-refractivity contribution >= 4 is 29.0 Å². The molecule has 6 heteroatoms. The Labute approximate surface area is 127 Å². The van der Waals surface area contributed by atoms with Gasteiger partial charge in [-0.2, -0.15) is 0 Å². The maximum atomic E-state index is 12.0. The lowest BCUT2D eigenvalue weighted by Gasteiger charge is -2.11. The zero-order valence-electron chi connectivity index (χ0n) is 11.6. The highest BCUT2D eigenvalue weighted by molar-refractivity contribution is 6.31. The molecule has 2 aromatic rings. The van der Waals surface area contributed by atoms with Crippen molar-refractivity contribution in [1.82, 2.24) is 0 Å². The number of nitrogens with one attached hydrogen (secondary N) is 2. The van der Waals surface area contributed by atoms with E-state index in [4.69, 9.17) is 21.1 Å². The number of carbonyl (C=O) groups is 1. The van der Waals surface area contributed by atoms with Crippen LogP contribution >= 0.6 is 11.6 Å². The Morgan fingerprint density at radius 2 is 1.71 bits per heavy atom. The molecule has 2 rings (SSSR count). The molecule has 0 saturated carbocycles. The molecule has 0 aliphatic heterocycles. The molecule has 5 nitrogen and oxygen atoms in total. The van der Waals surface area contributed by atoms with E-state index in [-0.39, 0.29) is 6.03 Å². The van der Waals surface area contributed by atoms with Gasteiger partial charge in [0.05, 0.1) is 19.9 Å². The topological polar surface area (TPSA) is 59.6 Å². The van der Waals surface area contributed by atoms with Gasteiger partial charge in [-0.1, -0.05) is 11.6 Å². The smallest absolute Gasteiger partial charge is 0.323 e. The zero-order chi connectivity index (χ0) is 15.2. The number of methoxy groups -OCH3 is 2. The number of amides is 2. The molecule has 0 heterocycles. The van der Waals surface area contributed by atoms with Gasteiger partial charge in [0.1, 0.15) is 11.5 Å². The fourth-order valence-electron chi connectivity index (χ4n) is 1.74. The zero-order valence-corrected chi connectivity index (χ0v) is 12.4. The minimum absolute atomic E-state index is 0.388. The molecule has 0 atom stereocenters. The second-order valence-corrected chi connectivity index (χ2v) is 4.59. The first kappa shape index (κ1) is 15.0. The summed E-state index contributed by atoms with van der Waals surface area (Å²) in [5.41, 5.74) is 1.14. The summed E-state index contributed by atoms with van der Waals surface area (Å²) in [6, 6.07) is 11.6. The van der Waals surface area contributed by atoms with E-state index in [2.05, 4.69) is 10.6 Å². The number of ether oxygens (including phenoxy) is 2. The van der Waals surface area contributed by atoms with Crippen LogP contribution in [-0.4, -0.2) is 20.3 Å². The summed E-state index contributed by atoms with van der Waals surface area (Å²) in [7, 11) is 3.11. The number of carbonyl (C=O) groups excluding carboxylic acids is 1. The Bertz CT molecular complexity index is 629. The van der Waals surface area contributed by atoms with Crippen molar-refractivity contribution in [3.05, 3.63) is 47.5 Å². The SMILES string of the molecule is COc1ccc(NC(=O)Nc2cc(Cl)ccc2OC)cc1. The van der Waals surface area contributed by atoms with Gasteiger partial charge in [0.15, 0.2) is 0 Å². The van der Waals surface area contributed by atoms with Crippen molar-refractivity contribution < 1.29 is 14.3 Å². The summed E-state index contributed by atoms with van der Waals surface area (Å²) in [4.78, 5) is 12.0. The van der Waals surface area contributed by atoms with E-state index < -0.39 is 0 Å². The van der Waals surface area contributed by atoms with Crippen LogP contribution in [0.15, 0.2) is 42.5 Å². The molecule has 21 heavy (non-hydrogen) atoms. The minimum Gasteiger partial charge on any atom is -0.497 e. The molecule has 0 bridgehead atoms. The van der Waals surface area contributed by atoms with E-state index in [1.165, 1.54) is 7.11 Å². The van der Waals surface area contributed by atoms with Crippen molar-refractivity contribution in [1.29, 1.82) is 0 Å². The lowest BCUT2D eigenvalue weighted by Crippen LogP contribution is -2.19. The number of urea groups is 1. The summed E-state index contributed by atoms with van der Waals surface area (Å²) < 4.78 is 10.2. The monoisotopic (exact) mass is 306 g/mol. The van der Waals surface area contributed by atoms with Crippen molar-refractivity contribution in [2.45, 2.75) is 0 Å². The summed E-state index contributed by atoms with van der Waals surface area (Å²) in [5, 5.41) is 5.91. The largest absolute Gasteiger partial charge is 0.497 e. The van der Waals surface area contributed by atoms with Crippen LogP contribution < -0.4 is 20.1 Å². The van der Waals surface area contributed by atoms with Crippen LogP contribution in [0, 0.1) is 0 Å². The quantitative estimate of drug-likeness (QED) is 0.897. The standard InChI is InChI=1S/C15H15ClN2O3/c1-20-12-6-4-11(5-7-12)17-15(19)18-13-9-10(16)3-8-14(13)21-2/h3-9H,1-2H3,(H2,17,18,19). The fraction of sp³-hybridized carbons (Fsp3) is 0.133. The molecule has 0 radical (unpaired) electrons. The second-order valence-electron chi connectivity index (χ2n) is 4.15. The number of hydrogen-bond acceptors (Lipinski definition) is 3. The lowest BCUT2D eigenvalue weighted by molar-refractivity contribution is 0.262. The number of hydrogen-bond donors (Lipinski definition) is 2. The van der Waals surface area contributed by atoms with Crippen molar-refractivity contribution in [2.75, 3.05) is 24.9 Å². The van der Waals surface area contributed by atoms with Gasteiger partial charge in [-0.05, 0) is 42.5 Å². The van der Waals surface area contributed by atoms with Gasteiger partial charge in [0.25, 0.3) is 0 Å². The molecule has 0 spiro atoms. The maximum absolute atomic E-state index is 12.0.